The standard InChI is InChI=1S/C32H29N3O4/c36-28(37)20-33-27-17-9-16-25(19-27)24-14-7-8-15-26(18-24)32-34-30(22-10-3-1-4-11-22)31(35(32)21-29(38)39)23-12-5-2-6-13-23/h1-10,12-19,22,26,33H,11,20-21H2,(H,36,37)(H,38,39). The summed E-state index contributed by atoms with van der Waals surface area (Å²) in [5, 5.41) is 21.9. The molecule has 5 rings (SSSR count). The molecule has 3 N–H and O–H groups in total. The lowest BCUT2D eigenvalue weighted by Gasteiger charge is -2.16. The number of nitrogens with zero attached hydrogens (tertiary/aromatic N) is 2. The summed E-state index contributed by atoms with van der Waals surface area (Å²) in [6.45, 7) is -0.390. The van der Waals surface area contributed by atoms with Crippen LogP contribution in [0.5, 0.6) is 0 Å². The molecule has 39 heavy (non-hydrogen) atoms. The number of hydrogen-bond donors (Lipinski definition) is 3. The lowest BCUT2D eigenvalue weighted by atomic mass is 9.94. The van der Waals surface area contributed by atoms with Crippen LogP contribution in [0.2, 0.25) is 0 Å². The molecule has 0 fully saturated rings. The highest BCUT2D eigenvalue weighted by atomic mass is 16.4. The molecule has 1 aromatic heterocycles. The normalized spacial score (nSPS) is 18.0. The number of rotatable bonds is 9. The number of carboxylic acid groups (broad SMARTS) is 2. The van der Waals surface area contributed by atoms with Gasteiger partial charge >= 0.3 is 11.9 Å². The molecule has 196 valence electrons. The fourth-order valence-corrected chi connectivity index (χ4v) is 4.97. The van der Waals surface area contributed by atoms with Crippen molar-refractivity contribution in [1.82, 2.24) is 9.55 Å². The van der Waals surface area contributed by atoms with Gasteiger partial charge in [0.2, 0.25) is 0 Å². The Kier molecular flexibility index (Phi) is 7.68. The monoisotopic (exact) mass is 519 g/mol. The van der Waals surface area contributed by atoms with Crippen LogP contribution in [0.15, 0.2) is 109 Å². The number of carbonyl (C=O) groups is 2. The topological polar surface area (TPSA) is 104 Å². The number of carboxylic acids is 2. The van der Waals surface area contributed by atoms with E-state index in [1.54, 1.807) is 0 Å². The molecule has 7 heteroatoms. The van der Waals surface area contributed by atoms with Crippen molar-refractivity contribution in [2.75, 3.05) is 11.9 Å². The quantitative estimate of drug-likeness (QED) is 0.319. The van der Waals surface area contributed by atoms with Crippen LogP contribution < -0.4 is 5.32 Å². The Morgan fingerprint density at radius 3 is 2.46 bits per heavy atom. The highest BCUT2D eigenvalue weighted by molar-refractivity contribution is 5.79. The summed E-state index contributed by atoms with van der Waals surface area (Å²) in [6.07, 6.45) is 19.0. The minimum Gasteiger partial charge on any atom is -0.480 e. The van der Waals surface area contributed by atoms with Crippen molar-refractivity contribution in [2.24, 2.45) is 0 Å². The Labute approximate surface area is 226 Å². The third kappa shape index (κ3) is 5.99. The molecule has 0 radical (unpaired) electrons. The Morgan fingerprint density at radius 2 is 1.72 bits per heavy atom. The number of imidazole rings is 1. The van der Waals surface area contributed by atoms with Gasteiger partial charge in [0.15, 0.2) is 0 Å². The van der Waals surface area contributed by atoms with E-state index in [-0.39, 0.29) is 24.9 Å². The first kappa shape index (κ1) is 25.7. The van der Waals surface area contributed by atoms with Crippen LogP contribution in [-0.2, 0) is 16.1 Å². The van der Waals surface area contributed by atoms with Crippen LogP contribution in [0.1, 0.15) is 35.3 Å². The van der Waals surface area contributed by atoms with Crippen molar-refractivity contribution in [3.63, 3.8) is 0 Å². The Balaban J connectivity index is 1.62. The summed E-state index contributed by atoms with van der Waals surface area (Å²) in [5.41, 5.74) is 5.15. The highest BCUT2D eigenvalue weighted by Gasteiger charge is 2.27. The number of aromatic nitrogens is 2. The van der Waals surface area contributed by atoms with Crippen molar-refractivity contribution in [2.45, 2.75) is 24.8 Å². The van der Waals surface area contributed by atoms with Gasteiger partial charge in [-0.3, -0.25) is 9.59 Å². The van der Waals surface area contributed by atoms with E-state index in [9.17, 15) is 14.7 Å². The molecule has 1 heterocycles. The zero-order valence-electron chi connectivity index (χ0n) is 21.3. The number of benzene rings is 2. The van der Waals surface area contributed by atoms with Crippen LogP contribution in [0.3, 0.4) is 0 Å². The summed E-state index contributed by atoms with van der Waals surface area (Å²) in [6, 6.07) is 17.4. The van der Waals surface area contributed by atoms with Crippen LogP contribution in [0.25, 0.3) is 16.8 Å². The van der Waals surface area contributed by atoms with Gasteiger partial charge in [-0.1, -0.05) is 97.1 Å². The second-order valence-corrected chi connectivity index (χ2v) is 9.42. The van der Waals surface area contributed by atoms with Gasteiger partial charge in [-0.15, -0.1) is 0 Å². The van der Waals surface area contributed by atoms with Gasteiger partial charge in [0.25, 0.3) is 0 Å². The van der Waals surface area contributed by atoms with E-state index in [4.69, 9.17) is 10.1 Å². The van der Waals surface area contributed by atoms with Gasteiger partial charge in [-0.25, -0.2) is 4.98 Å². The van der Waals surface area contributed by atoms with Gasteiger partial charge < -0.3 is 20.1 Å². The molecule has 3 aromatic rings. The van der Waals surface area contributed by atoms with Crippen molar-refractivity contribution < 1.29 is 19.8 Å². The first-order valence-electron chi connectivity index (χ1n) is 12.8. The summed E-state index contributed by atoms with van der Waals surface area (Å²) in [7, 11) is 0. The zero-order valence-corrected chi connectivity index (χ0v) is 21.3. The van der Waals surface area contributed by atoms with Crippen molar-refractivity contribution in [3.05, 3.63) is 126 Å². The smallest absolute Gasteiger partial charge is 0.323 e. The van der Waals surface area contributed by atoms with Crippen molar-refractivity contribution >= 4 is 23.2 Å². The molecule has 0 bridgehead atoms. The maximum Gasteiger partial charge on any atom is 0.323 e. The van der Waals surface area contributed by atoms with E-state index >= 15 is 0 Å². The van der Waals surface area contributed by atoms with Crippen LogP contribution in [0, 0.1) is 0 Å². The third-order valence-electron chi connectivity index (χ3n) is 6.70. The largest absolute Gasteiger partial charge is 0.480 e. The summed E-state index contributed by atoms with van der Waals surface area (Å²) in [4.78, 5) is 28.2. The van der Waals surface area contributed by atoms with Crippen LogP contribution in [0.4, 0.5) is 5.69 Å². The Morgan fingerprint density at radius 1 is 0.923 bits per heavy atom. The summed E-state index contributed by atoms with van der Waals surface area (Å²) >= 11 is 0. The fraction of sp³-hybridized carbons (Fsp3) is 0.156. The molecule has 0 saturated carbocycles. The molecule has 2 aliphatic carbocycles. The summed E-state index contributed by atoms with van der Waals surface area (Å²) in [5.74, 6) is -1.46. The van der Waals surface area contributed by atoms with E-state index < -0.39 is 11.9 Å². The van der Waals surface area contributed by atoms with E-state index in [2.05, 4.69) is 23.5 Å². The molecular formula is C32H29N3O4. The van der Waals surface area contributed by atoms with Gasteiger partial charge in [0.1, 0.15) is 18.9 Å². The maximum absolute atomic E-state index is 12.1. The minimum atomic E-state index is -0.936. The molecule has 0 saturated heterocycles. The Hall–Kier alpha value is -4.91. The number of anilines is 1. The van der Waals surface area contributed by atoms with Crippen LogP contribution in [-0.4, -0.2) is 38.2 Å². The number of aliphatic carboxylic acids is 2. The Bertz CT molecular complexity index is 1530. The predicted molar refractivity (Wildman–Crippen MR) is 153 cm³/mol. The SMILES string of the molecule is O=C(O)CNc1cccc(C2=CC(c3nc(C4C=CC=CC4)c(-c4ccccc4)n3CC(=O)O)C=CC=C2)c1. The second kappa shape index (κ2) is 11.6. The van der Waals surface area contributed by atoms with E-state index in [0.717, 1.165) is 34.5 Å². The molecule has 0 amide bonds. The van der Waals surface area contributed by atoms with Crippen LogP contribution >= 0.6 is 0 Å². The molecule has 7 nitrogen and oxygen atoms in total. The molecule has 2 aliphatic rings. The van der Waals surface area contributed by atoms with Gasteiger partial charge in [-0.05, 0) is 29.7 Å². The van der Waals surface area contributed by atoms with Crippen molar-refractivity contribution in [3.8, 4) is 11.3 Å². The number of hydrogen-bond acceptors (Lipinski definition) is 4. The van der Waals surface area contributed by atoms with E-state index in [1.807, 2.05) is 95.6 Å². The number of allylic oxidation sites excluding steroid dienone is 10. The molecule has 2 atom stereocenters. The van der Waals surface area contributed by atoms with Gasteiger partial charge in [0.05, 0.1) is 17.3 Å². The minimum absolute atomic E-state index is 0.0346. The molecule has 2 aromatic carbocycles. The highest BCUT2D eigenvalue weighted by Crippen LogP contribution is 2.38. The zero-order chi connectivity index (χ0) is 27.2. The molecule has 0 spiro atoms. The fourth-order valence-electron chi connectivity index (χ4n) is 4.97. The lowest BCUT2D eigenvalue weighted by molar-refractivity contribution is -0.138. The summed E-state index contributed by atoms with van der Waals surface area (Å²) < 4.78 is 1.83. The van der Waals surface area contributed by atoms with E-state index in [1.165, 1.54) is 0 Å². The number of nitrogens with one attached hydrogen (secondary N) is 1. The average Bonchev–Trinajstić information content (AvgIpc) is 3.13. The third-order valence-corrected chi connectivity index (χ3v) is 6.70. The van der Waals surface area contributed by atoms with Gasteiger partial charge in [0, 0.05) is 17.2 Å². The first-order chi connectivity index (χ1) is 19.0. The maximum atomic E-state index is 12.1. The van der Waals surface area contributed by atoms with E-state index in [0.29, 0.717) is 11.5 Å². The predicted octanol–water partition coefficient (Wildman–Crippen LogP) is 6.02. The molecule has 0 aliphatic heterocycles. The van der Waals surface area contributed by atoms with Crippen molar-refractivity contribution in [1.29, 1.82) is 0 Å². The van der Waals surface area contributed by atoms with Gasteiger partial charge in [-0.2, -0.15) is 0 Å². The first-order valence-corrected chi connectivity index (χ1v) is 12.8. The lowest BCUT2D eigenvalue weighted by Crippen LogP contribution is -2.15. The average molecular weight is 520 g/mol. The second-order valence-electron chi connectivity index (χ2n) is 9.42. The molecule has 2 unspecified atom stereocenters. The molecular weight excluding hydrogens is 490 g/mol.